The van der Waals surface area contributed by atoms with Gasteiger partial charge in [-0.25, -0.2) is 0 Å². The first-order valence-electron chi connectivity index (χ1n) is 13.6. The van der Waals surface area contributed by atoms with E-state index in [0.717, 1.165) is 30.3 Å². The van der Waals surface area contributed by atoms with Gasteiger partial charge in [0.25, 0.3) is 0 Å². The van der Waals surface area contributed by atoms with Gasteiger partial charge in [0.2, 0.25) is 0 Å². The van der Waals surface area contributed by atoms with Crippen molar-refractivity contribution >= 4 is 0 Å². The lowest BCUT2D eigenvalue weighted by Gasteiger charge is -2.45. The van der Waals surface area contributed by atoms with Crippen LogP contribution >= 0.6 is 0 Å². The number of benzene rings is 1. The first-order valence-corrected chi connectivity index (χ1v) is 13.6. The third kappa shape index (κ3) is 6.25. The van der Waals surface area contributed by atoms with Gasteiger partial charge in [-0.15, -0.1) is 0 Å². The molecule has 5 unspecified atom stereocenters. The maximum atomic E-state index is 6.11. The molecule has 31 heavy (non-hydrogen) atoms. The van der Waals surface area contributed by atoms with Crippen molar-refractivity contribution in [3.8, 4) is 0 Å². The number of allylic oxidation sites excluding steroid dienone is 1. The molecule has 2 saturated carbocycles. The number of fused-ring (bicyclic) bond motifs is 2. The molecule has 1 heteroatoms. The topological polar surface area (TPSA) is 9.23 Å². The first-order chi connectivity index (χ1) is 15.3. The quantitative estimate of drug-likeness (QED) is 0.288. The van der Waals surface area contributed by atoms with E-state index in [1.165, 1.54) is 89.9 Å². The highest BCUT2D eigenvalue weighted by Gasteiger charge is 2.38. The summed E-state index contributed by atoms with van der Waals surface area (Å²) in [5.41, 5.74) is 4.94. The predicted octanol–water partition coefficient (Wildman–Crippen LogP) is 8.09. The van der Waals surface area contributed by atoms with Gasteiger partial charge in [-0.3, -0.25) is 0 Å². The first kappa shape index (κ1) is 23.1. The lowest BCUT2D eigenvalue weighted by atomic mass is 9.62. The van der Waals surface area contributed by atoms with Crippen molar-refractivity contribution in [1.82, 2.24) is 0 Å². The number of rotatable bonds is 9. The lowest BCUT2D eigenvalue weighted by molar-refractivity contribution is -0.0138. The normalized spacial score (nSPS) is 30.8. The molecule has 3 aliphatic rings. The van der Waals surface area contributed by atoms with Crippen LogP contribution in [0.5, 0.6) is 0 Å². The molecule has 0 radical (unpaired) electrons. The van der Waals surface area contributed by atoms with E-state index in [1.807, 2.05) is 0 Å². The van der Waals surface area contributed by atoms with Gasteiger partial charge in [-0.2, -0.15) is 0 Å². The van der Waals surface area contributed by atoms with Crippen LogP contribution in [0.1, 0.15) is 101 Å². The fourth-order valence-corrected chi connectivity index (χ4v) is 6.90. The molecule has 1 aromatic carbocycles. The average molecular weight is 423 g/mol. The van der Waals surface area contributed by atoms with Crippen molar-refractivity contribution in [2.45, 2.75) is 110 Å². The van der Waals surface area contributed by atoms with E-state index in [0.29, 0.717) is 6.10 Å². The minimum Gasteiger partial charge on any atom is -0.374 e. The Kier molecular flexibility index (Phi) is 8.71. The Hall–Kier alpha value is -1.08. The minimum absolute atomic E-state index is 0.520. The summed E-state index contributed by atoms with van der Waals surface area (Å²) in [6.07, 6.45) is 24.1. The summed E-state index contributed by atoms with van der Waals surface area (Å²) < 4.78 is 6.11. The second-order valence-corrected chi connectivity index (χ2v) is 10.8. The zero-order valence-corrected chi connectivity index (χ0v) is 20.3. The summed E-state index contributed by atoms with van der Waals surface area (Å²) in [4.78, 5) is 0. The summed E-state index contributed by atoms with van der Waals surface area (Å²) in [5, 5.41) is 0. The standard InChI is InChI=1S/C30H46O/c1-3-5-7-8-9-23-10-11-25-20-26(13-12-24(25)19-23)27-14-15-29-22-30(31-18-6-4-2)17-16-28(29)21-27/h4,6,10-11,19,26-30H,3,5,7-9,12-18,20-22H2,1-2H3. The van der Waals surface area contributed by atoms with Crippen LogP contribution in [0.15, 0.2) is 30.4 Å². The summed E-state index contributed by atoms with van der Waals surface area (Å²) >= 11 is 0. The minimum atomic E-state index is 0.520. The Labute approximate surface area is 192 Å². The highest BCUT2D eigenvalue weighted by Crippen LogP contribution is 2.47. The summed E-state index contributed by atoms with van der Waals surface area (Å²) in [6.45, 7) is 5.19. The van der Waals surface area contributed by atoms with E-state index in [2.05, 4.69) is 44.2 Å². The monoisotopic (exact) mass is 422 g/mol. The highest BCUT2D eigenvalue weighted by molar-refractivity contribution is 5.34. The largest absolute Gasteiger partial charge is 0.374 e. The Balaban J connectivity index is 1.26. The molecule has 5 atom stereocenters. The van der Waals surface area contributed by atoms with Crippen LogP contribution in [0.2, 0.25) is 0 Å². The van der Waals surface area contributed by atoms with Crippen molar-refractivity contribution < 1.29 is 4.74 Å². The van der Waals surface area contributed by atoms with Gasteiger partial charge in [-0.1, -0.05) is 56.5 Å². The van der Waals surface area contributed by atoms with E-state index in [-0.39, 0.29) is 0 Å². The zero-order chi connectivity index (χ0) is 21.5. The molecule has 0 saturated heterocycles. The van der Waals surface area contributed by atoms with Crippen molar-refractivity contribution in [2.24, 2.45) is 23.7 Å². The molecule has 1 aromatic rings. The second-order valence-electron chi connectivity index (χ2n) is 10.8. The van der Waals surface area contributed by atoms with Gasteiger partial charge >= 0.3 is 0 Å². The molecular formula is C30H46O. The third-order valence-corrected chi connectivity index (χ3v) is 8.79. The Morgan fingerprint density at radius 3 is 2.52 bits per heavy atom. The Bertz CT molecular complexity index is 704. The van der Waals surface area contributed by atoms with E-state index < -0.39 is 0 Å². The second kappa shape index (κ2) is 11.7. The van der Waals surface area contributed by atoms with Gasteiger partial charge in [0, 0.05) is 0 Å². The summed E-state index contributed by atoms with van der Waals surface area (Å²) in [7, 11) is 0. The molecule has 2 fully saturated rings. The van der Waals surface area contributed by atoms with Gasteiger partial charge in [0.05, 0.1) is 12.7 Å². The fourth-order valence-electron chi connectivity index (χ4n) is 6.90. The molecule has 0 heterocycles. The van der Waals surface area contributed by atoms with Crippen LogP contribution in [0.25, 0.3) is 0 Å². The summed E-state index contributed by atoms with van der Waals surface area (Å²) in [6, 6.07) is 7.50. The van der Waals surface area contributed by atoms with Gasteiger partial charge < -0.3 is 4.74 Å². The molecule has 172 valence electrons. The van der Waals surface area contributed by atoms with Crippen molar-refractivity contribution in [1.29, 1.82) is 0 Å². The van der Waals surface area contributed by atoms with Crippen LogP contribution < -0.4 is 0 Å². The highest BCUT2D eigenvalue weighted by atomic mass is 16.5. The van der Waals surface area contributed by atoms with Crippen LogP contribution in [-0.2, 0) is 24.0 Å². The van der Waals surface area contributed by atoms with Crippen LogP contribution in [-0.4, -0.2) is 12.7 Å². The van der Waals surface area contributed by atoms with E-state index >= 15 is 0 Å². The number of unbranched alkanes of at least 4 members (excludes halogenated alkanes) is 3. The smallest absolute Gasteiger partial charge is 0.0651 e. The van der Waals surface area contributed by atoms with Crippen molar-refractivity contribution in [2.75, 3.05) is 6.61 Å². The number of hydrogen-bond donors (Lipinski definition) is 0. The van der Waals surface area contributed by atoms with E-state index in [4.69, 9.17) is 4.74 Å². The van der Waals surface area contributed by atoms with Gasteiger partial charge in [-0.05, 0) is 118 Å². The fraction of sp³-hybridized carbons (Fsp3) is 0.733. The summed E-state index contributed by atoms with van der Waals surface area (Å²) in [5.74, 6) is 3.83. The Morgan fingerprint density at radius 2 is 1.68 bits per heavy atom. The van der Waals surface area contributed by atoms with Gasteiger partial charge in [0.1, 0.15) is 0 Å². The zero-order valence-electron chi connectivity index (χ0n) is 20.3. The third-order valence-electron chi connectivity index (χ3n) is 8.79. The molecule has 4 rings (SSSR count). The number of hydrogen-bond acceptors (Lipinski definition) is 1. The van der Waals surface area contributed by atoms with Crippen LogP contribution in [0.4, 0.5) is 0 Å². The molecule has 0 aromatic heterocycles. The van der Waals surface area contributed by atoms with E-state index in [9.17, 15) is 0 Å². The molecule has 0 aliphatic heterocycles. The maximum Gasteiger partial charge on any atom is 0.0651 e. The van der Waals surface area contributed by atoms with Crippen molar-refractivity contribution in [3.05, 3.63) is 47.0 Å². The van der Waals surface area contributed by atoms with E-state index in [1.54, 1.807) is 16.7 Å². The molecule has 0 spiro atoms. The van der Waals surface area contributed by atoms with Crippen LogP contribution in [0.3, 0.4) is 0 Å². The average Bonchev–Trinajstić information content (AvgIpc) is 2.81. The predicted molar refractivity (Wildman–Crippen MR) is 133 cm³/mol. The van der Waals surface area contributed by atoms with Gasteiger partial charge in [0.15, 0.2) is 0 Å². The molecule has 3 aliphatic carbocycles. The van der Waals surface area contributed by atoms with Crippen molar-refractivity contribution in [3.63, 3.8) is 0 Å². The number of aryl methyl sites for hydroxylation is 2. The number of ether oxygens (including phenoxy) is 1. The van der Waals surface area contributed by atoms with Crippen LogP contribution in [0, 0.1) is 23.7 Å². The molecule has 0 bridgehead atoms. The molecule has 1 nitrogen and oxygen atoms in total. The molecular weight excluding hydrogens is 376 g/mol. The maximum absolute atomic E-state index is 6.11. The molecule has 0 N–H and O–H groups in total. The lowest BCUT2D eigenvalue weighted by Crippen LogP contribution is -2.37. The SMILES string of the molecule is CC=CCOC1CCC2CC(C3CCc4cc(CCCCCC)ccc4C3)CCC2C1. The molecule has 0 amide bonds. The Morgan fingerprint density at radius 1 is 0.871 bits per heavy atom.